The summed E-state index contributed by atoms with van der Waals surface area (Å²) in [7, 11) is 3.04. The Bertz CT molecular complexity index is 878. The molecule has 0 heterocycles. The number of rotatable bonds is 7. The van der Waals surface area contributed by atoms with Crippen molar-refractivity contribution < 1.29 is 19.2 Å². The highest BCUT2D eigenvalue weighted by Crippen LogP contribution is 2.29. The molecule has 0 aliphatic rings. The summed E-state index contributed by atoms with van der Waals surface area (Å²) in [5.41, 5.74) is 1.78. The largest absolute Gasteiger partial charge is 0.465 e. The monoisotopic (exact) mass is 385 g/mol. The zero-order valence-corrected chi connectivity index (χ0v) is 16.3. The van der Waals surface area contributed by atoms with Crippen LogP contribution in [0, 0.1) is 10.1 Å². The number of anilines is 1. The summed E-state index contributed by atoms with van der Waals surface area (Å²) in [5.74, 6) is -0.781. The van der Waals surface area contributed by atoms with Gasteiger partial charge in [-0.3, -0.25) is 14.9 Å². The molecule has 8 heteroatoms. The smallest absolute Gasteiger partial charge is 0.337 e. The minimum absolute atomic E-state index is 0.0677. The molecule has 0 fully saturated rings. The number of methoxy groups -OCH3 is 1. The Balaban J connectivity index is 2.24. The van der Waals surface area contributed by atoms with Crippen LogP contribution in [0.2, 0.25) is 0 Å². The van der Waals surface area contributed by atoms with Crippen molar-refractivity contribution in [1.82, 2.24) is 5.32 Å². The van der Waals surface area contributed by atoms with Crippen LogP contribution in [0.5, 0.6) is 0 Å². The number of ether oxygens (including phenoxy) is 1. The summed E-state index contributed by atoms with van der Waals surface area (Å²) < 4.78 is 4.67. The van der Waals surface area contributed by atoms with Crippen molar-refractivity contribution in [2.45, 2.75) is 26.4 Å². The van der Waals surface area contributed by atoms with E-state index >= 15 is 0 Å². The Morgan fingerprint density at radius 2 is 1.75 bits per heavy atom. The molecule has 0 radical (unpaired) electrons. The maximum atomic E-state index is 12.1. The lowest BCUT2D eigenvalue weighted by Gasteiger charge is -2.20. The summed E-state index contributed by atoms with van der Waals surface area (Å²) in [6.07, 6.45) is 0. The third kappa shape index (κ3) is 5.06. The van der Waals surface area contributed by atoms with Gasteiger partial charge in [-0.1, -0.05) is 12.1 Å². The quantitative estimate of drug-likeness (QED) is 0.446. The van der Waals surface area contributed by atoms with Crippen molar-refractivity contribution in [2.75, 3.05) is 19.1 Å². The van der Waals surface area contributed by atoms with Gasteiger partial charge >= 0.3 is 5.97 Å². The Morgan fingerprint density at radius 1 is 1.14 bits per heavy atom. The lowest BCUT2D eigenvalue weighted by atomic mass is 10.1. The van der Waals surface area contributed by atoms with Gasteiger partial charge in [0.25, 0.3) is 11.6 Å². The Morgan fingerprint density at radius 3 is 2.29 bits per heavy atom. The third-order valence-electron chi connectivity index (χ3n) is 4.06. The number of hydrogen-bond acceptors (Lipinski definition) is 6. The number of hydrogen-bond donors (Lipinski definition) is 1. The van der Waals surface area contributed by atoms with Gasteiger partial charge in [0.15, 0.2) is 0 Å². The van der Waals surface area contributed by atoms with E-state index < -0.39 is 10.9 Å². The number of amides is 1. The minimum atomic E-state index is -0.502. The molecule has 0 aliphatic heterocycles. The second kappa shape index (κ2) is 8.98. The van der Waals surface area contributed by atoms with Gasteiger partial charge in [-0.05, 0) is 43.7 Å². The molecule has 0 aliphatic carbocycles. The number of nitrogens with one attached hydrogen (secondary N) is 1. The summed E-state index contributed by atoms with van der Waals surface area (Å²) in [5, 5.41) is 14.2. The zero-order valence-electron chi connectivity index (χ0n) is 16.3. The molecule has 0 spiro atoms. The van der Waals surface area contributed by atoms with Gasteiger partial charge in [-0.2, -0.15) is 0 Å². The molecule has 28 heavy (non-hydrogen) atoms. The molecule has 0 unspecified atom stereocenters. The van der Waals surface area contributed by atoms with Crippen LogP contribution < -0.4 is 10.2 Å². The van der Waals surface area contributed by atoms with Crippen molar-refractivity contribution in [3.05, 3.63) is 69.3 Å². The molecule has 148 valence electrons. The summed E-state index contributed by atoms with van der Waals surface area (Å²) >= 11 is 0. The van der Waals surface area contributed by atoms with Gasteiger partial charge in [0.1, 0.15) is 5.69 Å². The average Bonchev–Trinajstić information content (AvgIpc) is 2.66. The van der Waals surface area contributed by atoms with E-state index in [1.807, 2.05) is 13.8 Å². The maximum Gasteiger partial charge on any atom is 0.337 e. The molecule has 0 saturated carbocycles. The molecule has 0 atom stereocenters. The van der Waals surface area contributed by atoms with E-state index in [4.69, 9.17) is 0 Å². The van der Waals surface area contributed by atoms with Crippen LogP contribution in [0.3, 0.4) is 0 Å². The van der Waals surface area contributed by atoms with Crippen molar-refractivity contribution in [3.8, 4) is 0 Å². The molecule has 1 amide bonds. The van der Waals surface area contributed by atoms with Gasteiger partial charge in [0.2, 0.25) is 0 Å². The molecule has 1 N–H and O–H groups in total. The van der Waals surface area contributed by atoms with Crippen molar-refractivity contribution in [3.63, 3.8) is 0 Å². The molecule has 0 saturated heterocycles. The average molecular weight is 385 g/mol. The number of esters is 1. The van der Waals surface area contributed by atoms with Crippen molar-refractivity contribution in [1.29, 1.82) is 0 Å². The highest BCUT2D eigenvalue weighted by molar-refractivity contribution is 5.96. The Labute approximate surface area is 163 Å². The minimum Gasteiger partial charge on any atom is -0.465 e. The van der Waals surface area contributed by atoms with Crippen LogP contribution in [0.15, 0.2) is 42.5 Å². The van der Waals surface area contributed by atoms with E-state index in [0.717, 1.165) is 5.56 Å². The van der Waals surface area contributed by atoms with Crippen LogP contribution in [0.1, 0.15) is 40.1 Å². The first kappa shape index (κ1) is 20.9. The summed E-state index contributed by atoms with van der Waals surface area (Å²) in [6, 6.07) is 11.2. The molecule has 0 bridgehead atoms. The first-order chi connectivity index (χ1) is 13.2. The zero-order chi connectivity index (χ0) is 20.8. The molecule has 0 aromatic heterocycles. The van der Waals surface area contributed by atoms with Crippen molar-refractivity contribution in [2.24, 2.45) is 0 Å². The predicted octanol–water partition coefficient (Wildman–Crippen LogP) is 3.16. The Hall–Kier alpha value is -3.42. The van der Waals surface area contributed by atoms with E-state index in [1.54, 1.807) is 48.3 Å². The molecule has 2 aromatic rings. The summed E-state index contributed by atoms with van der Waals surface area (Å²) in [4.78, 5) is 36.4. The van der Waals surface area contributed by atoms with Crippen molar-refractivity contribution >= 4 is 23.3 Å². The molecule has 2 aromatic carbocycles. The second-order valence-electron chi connectivity index (χ2n) is 6.63. The highest BCUT2D eigenvalue weighted by Gasteiger charge is 2.20. The maximum absolute atomic E-state index is 12.1. The van der Waals surface area contributed by atoms with Crippen LogP contribution in [-0.4, -0.2) is 37.0 Å². The molecular formula is C20H23N3O5. The standard InChI is InChI=1S/C20H23N3O5/c1-13(2)21-19(24)16-9-10-17(18(11-16)23(26)27)22(3)12-14-5-7-15(8-6-14)20(25)28-4/h5-11,13H,12H2,1-4H3,(H,21,24). The van der Waals surface area contributed by atoms with E-state index in [9.17, 15) is 19.7 Å². The Kier molecular flexibility index (Phi) is 6.70. The highest BCUT2D eigenvalue weighted by atomic mass is 16.6. The van der Waals surface area contributed by atoms with Crippen LogP contribution >= 0.6 is 0 Å². The lowest BCUT2D eigenvalue weighted by Crippen LogP contribution is -2.30. The number of nitrogens with zero attached hydrogens (tertiary/aromatic N) is 2. The fourth-order valence-electron chi connectivity index (χ4n) is 2.70. The molecule has 8 nitrogen and oxygen atoms in total. The first-order valence-electron chi connectivity index (χ1n) is 8.70. The fourth-order valence-corrected chi connectivity index (χ4v) is 2.70. The van der Waals surface area contributed by atoms with Gasteiger partial charge in [-0.15, -0.1) is 0 Å². The van der Waals surface area contributed by atoms with E-state index in [2.05, 4.69) is 10.1 Å². The van der Waals surface area contributed by atoms with Gasteiger partial charge in [0, 0.05) is 31.3 Å². The van der Waals surface area contributed by atoms with E-state index in [-0.39, 0.29) is 23.2 Å². The first-order valence-corrected chi connectivity index (χ1v) is 8.70. The molecule has 2 rings (SSSR count). The predicted molar refractivity (Wildman–Crippen MR) is 106 cm³/mol. The topological polar surface area (TPSA) is 102 Å². The SMILES string of the molecule is COC(=O)c1ccc(CN(C)c2ccc(C(=O)NC(C)C)cc2[N+](=O)[O-])cc1. The normalized spacial score (nSPS) is 10.5. The van der Waals surface area contributed by atoms with Gasteiger partial charge in [-0.25, -0.2) is 4.79 Å². The van der Waals surface area contributed by atoms with Crippen LogP contribution in [-0.2, 0) is 11.3 Å². The number of nitro groups is 1. The van der Waals surface area contributed by atoms with Crippen LogP contribution in [0.4, 0.5) is 11.4 Å². The number of carbonyl (C=O) groups excluding carboxylic acids is 2. The summed E-state index contributed by atoms with van der Waals surface area (Å²) in [6.45, 7) is 4.03. The fraction of sp³-hybridized carbons (Fsp3) is 0.300. The number of benzene rings is 2. The third-order valence-corrected chi connectivity index (χ3v) is 4.06. The van der Waals surface area contributed by atoms with Gasteiger partial charge in [0.05, 0.1) is 17.6 Å². The van der Waals surface area contributed by atoms with Crippen LogP contribution in [0.25, 0.3) is 0 Å². The van der Waals surface area contributed by atoms with Gasteiger partial charge < -0.3 is 15.0 Å². The number of carbonyl (C=O) groups is 2. The number of nitro benzene ring substituents is 1. The van der Waals surface area contributed by atoms with E-state index in [0.29, 0.717) is 17.8 Å². The second-order valence-corrected chi connectivity index (χ2v) is 6.63. The lowest BCUT2D eigenvalue weighted by molar-refractivity contribution is -0.384. The molecular weight excluding hydrogens is 362 g/mol. The van der Waals surface area contributed by atoms with E-state index in [1.165, 1.54) is 13.2 Å².